The van der Waals surface area contributed by atoms with Crippen LogP contribution in [0.5, 0.6) is 0 Å². The molecule has 0 radical (unpaired) electrons. The van der Waals surface area contributed by atoms with Gasteiger partial charge in [0.2, 0.25) is 0 Å². The number of likely N-dealkylation sites (N-methyl/N-ethyl adjacent to an activating group) is 1. The van der Waals surface area contributed by atoms with Crippen LogP contribution in [0.4, 0.5) is 10.1 Å². The van der Waals surface area contributed by atoms with Crippen molar-refractivity contribution >= 4 is 11.6 Å². The molecule has 1 unspecified atom stereocenters. The van der Waals surface area contributed by atoms with Crippen molar-refractivity contribution in [1.29, 1.82) is 0 Å². The molecule has 1 aliphatic rings. The zero-order valence-electron chi connectivity index (χ0n) is 15.2. The fourth-order valence-corrected chi connectivity index (χ4v) is 3.53. The average molecular weight is 355 g/mol. The molecule has 0 aliphatic carbocycles. The van der Waals surface area contributed by atoms with E-state index in [1.54, 1.807) is 24.1 Å². The van der Waals surface area contributed by atoms with Gasteiger partial charge in [-0.15, -0.1) is 0 Å². The Hall–Kier alpha value is -3.38. The highest BCUT2D eigenvalue weighted by Gasteiger charge is 2.50. The summed E-state index contributed by atoms with van der Waals surface area (Å²) in [6.45, 7) is 2.01. The lowest BCUT2D eigenvalue weighted by molar-refractivity contribution is -0.120. The summed E-state index contributed by atoms with van der Waals surface area (Å²) in [5.74, 6) is 5.94. The second-order valence-electron chi connectivity index (χ2n) is 6.75. The summed E-state index contributed by atoms with van der Waals surface area (Å²) >= 11 is 0. The van der Waals surface area contributed by atoms with Gasteiger partial charge in [-0.05, 0) is 42.8 Å². The van der Waals surface area contributed by atoms with Gasteiger partial charge in [-0.1, -0.05) is 59.9 Å². The molecule has 132 valence electrons. The molecule has 3 aromatic rings. The molecule has 1 heterocycles. The molecule has 1 atom stereocenters. The van der Waals surface area contributed by atoms with E-state index >= 15 is 0 Å². The van der Waals surface area contributed by atoms with E-state index in [2.05, 4.69) is 11.8 Å². The first kappa shape index (κ1) is 17.1. The van der Waals surface area contributed by atoms with E-state index in [0.717, 1.165) is 22.4 Å². The van der Waals surface area contributed by atoms with Crippen molar-refractivity contribution in [2.24, 2.45) is 0 Å². The van der Waals surface area contributed by atoms with Crippen LogP contribution in [0, 0.1) is 24.6 Å². The monoisotopic (exact) mass is 355 g/mol. The third kappa shape index (κ3) is 2.71. The van der Waals surface area contributed by atoms with Gasteiger partial charge in [-0.25, -0.2) is 4.39 Å². The standard InChI is InChI=1S/C24H18FNO/c1-17-7-11-19(12-8-17)24(16-15-18-9-13-20(25)14-10-18)21-5-3-4-6-22(21)26(2)23(24)27/h3-14H,1-2H3. The van der Waals surface area contributed by atoms with E-state index in [4.69, 9.17) is 0 Å². The summed E-state index contributed by atoms with van der Waals surface area (Å²) < 4.78 is 13.2. The molecule has 2 nitrogen and oxygen atoms in total. The van der Waals surface area contributed by atoms with Gasteiger partial charge in [0.05, 0.1) is 0 Å². The second-order valence-corrected chi connectivity index (χ2v) is 6.75. The summed E-state index contributed by atoms with van der Waals surface area (Å²) in [7, 11) is 1.77. The average Bonchev–Trinajstić information content (AvgIpc) is 2.91. The first-order chi connectivity index (χ1) is 13.0. The van der Waals surface area contributed by atoms with E-state index in [-0.39, 0.29) is 11.7 Å². The number of nitrogens with zero attached hydrogens (tertiary/aromatic N) is 1. The summed E-state index contributed by atoms with van der Waals surface area (Å²) in [6, 6.07) is 21.6. The van der Waals surface area contributed by atoms with Crippen molar-refractivity contribution < 1.29 is 9.18 Å². The van der Waals surface area contributed by atoms with Crippen molar-refractivity contribution in [3.8, 4) is 11.8 Å². The van der Waals surface area contributed by atoms with Gasteiger partial charge in [0, 0.05) is 23.9 Å². The van der Waals surface area contributed by atoms with Crippen molar-refractivity contribution in [3.05, 3.63) is 101 Å². The Morgan fingerprint density at radius 1 is 0.926 bits per heavy atom. The Labute approximate surface area is 158 Å². The lowest BCUT2D eigenvalue weighted by Gasteiger charge is -2.23. The predicted octanol–water partition coefficient (Wildman–Crippen LogP) is 4.45. The molecule has 1 amide bonds. The zero-order valence-corrected chi connectivity index (χ0v) is 15.2. The van der Waals surface area contributed by atoms with E-state index in [9.17, 15) is 9.18 Å². The maximum absolute atomic E-state index is 13.4. The number of rotatable bonds is 1. The molecular weight excluding hydrogens is 337 g/mol. The number of anilines is 1. The highest BCUT2D eigenvalue weighted by atomic mass is 19.1. The van der Waals surface area contributed by atoms with Crippen molar-refractivity contribution in [2.45, 2.75) is 12.3 Å². The zero-order chi connectivity index (χ0) is 19.0. The molecule has 0 fully saturated rings. The molecule has 3 aromatic carbocycles. The largest absolute Gasteiger partial charge is 0.313 e. The van der Waals surface area contributed by atoms with E-state index in [1.807, 2.05) is 55.5 Å². The van der Waals surface area contributed by atoms with Crippen LogP contribution in [-0.4, -0.2) is 13.0 Å². The Bertz CT molecular complexity index is 1070. The van der Waals surface area contributed by atoms with Gasteiger partial charge in [-0.3, -0.25) is 4.79 Å². The number of carbonyl (C=O) groups excluding carboxylic acids is 1. The number of halogens is 1. The van der Waals surface area contributed by atoms with Gasteiger partial charge in [0.1, 0.15) is 5.82 Å². The summed E-state index contributed by atoms with van der Waals surface area (Å²) in [6.07, 6.45) is 0. The third-order valence-corrected chi connectivity index (χ3v) is 5.02. The molecule has 0 saturated carbocycles. The topological polar surface area (TPSA) is 20.3 Å². The number of para-hydroxylation sites is 1. The number of carbonyl (C=O) groups is 1. The van der Waals surface area contributed by atoms with Gasteiger partial charge < -0.3 is 4.90 Å². The van der Waals surface area contributed by atoms with Gasteiger partial charge >= 0.3 is 0 Å². The normalized spacial score (nSPS) is 18.0. The van der Waals surface area contributed by atoms with Crippen LogP contribution in [0.1, 0.15) is 22.3 Å². The van der Waals surface area contributed by atoms with Gasteiger partial charge in [0.15, 0.2) is 5.41 Å². The van der Waals surface area contributed by atoms with Gasteiger partial charge in [0.25, 0.3) is 5.91 Å². The lowest BCUT2D eigenvalue weighted by Crippen LogP contribution is -2.38. The molecule has 0 spiro atoms. The van der Waals surface area contributed by atoms with E-state index in [1.165, 1.54) is 12.1 Å². The minimum atomic E-state index is -1.08. The molecule has 3 heteroatoms. The van der Waals surface area contributed by atoms with Crippen LogP contribution in [0.15, 0.2) is 72.8 Å². The summed E-state index contributed by atoms with van der Waals surface area (Å²) in [5, 5.41) is 0. The van der Waals surface area contributed by atoms with Crippen molar-refractivity contribution in [2.75, 3.05) is 11.9 Å². The lowest BCUT2D eigenvalue weighted by atomic mass is 9.75. The van der Waals surface area contributed by atoms with Crippen LogP contribution in [-0.2, 0) is 10.2 Å². The highest BCUT2D eigenvalue weighted by Crippen LogP contribution is 2.45. The molecule has 0 bridgehead atoms. The fraction of sp³-hybridized carbons (Fsp3) is 0.125. The Morgan fingerprint density at radius 3 is 2.30 bits per heavy atom. The molecular formula is C24H18FNO. The minimum Gasteiger partial charge on any atom is -0.313 e. The number of aryl methyl sites for hydroxylation is 1. The minimum absolute atomic E-state index is 0.0813. The van der Waals surface area contributed by atoms with Crippen LogP contribution in [0.25, 0.3) is 0 Å². The second kappa shape index (κ2) is 6.41. The van der Waals surface area contributed by atoms with Crippen molar-refractivity contribution in [3.63, 3.8) is 0 Å². The molecule has 1 aliphatic heterocycles. The molecule has 0 saturated heterocycles. The first-order valence-electron chi connectivity index (χ1n) is 8.76. The third-order valence-electron chi connectivity index (χ3n) is 5.02. The highest BCUT2D eigenvalue weighted by molar-refractivity contribution is 6.12. The maximum atomic E-state index is 13.4. The van der Waals surface area contributed by atoms with Crippen LogP contribution in [0.3, 0.4) is 0 Å². The predicted molar refractivity (Wildman–Crippen MR) is 105 cm³/mol. The molecule has 0 N–H and O–H groups in total. The number of amides is 1. The Kier molecular flexibility index (Phi) is 4.05. The van der Waals surface area contributed by atoms with Crippen LogP contribution in [0.2, 0.25) is 0 Å². The molecule has 0 aromatic heterocycles. The van der Waals surface area contributed by atoms with Crippen LogP contribution < -0.4 is 4.90 Å². The smallest absolute Gasteiger partial charge is 0.254 e. The summed E-state index contributed by atoms with van der Waals surface area (Å²) in [4.78, 5) is 15.1. The van der Waals surface area contributed by atoms with Gasteiger partial charge in [-0.2, -0.15) is 0 Å². The number of fused-ring (bicyclic) bond motifs is 1. The molecule has 27 heavy (non-hydrogen) atoms. The van der Waals surface area contributed by atoms with E-state index < -0.39 is 5.41 Å². The summed E-state index contributed by atoms with van der Waals surface area (Å²) in [5.41, 5.74) is 3.28. The van der Waals surface area contributed by atoms with Crippen LogP contribution >= 0.6 is 0 Å². The number of hydrogen-bond acceptors (Lipinski definition) is 1. The number of benzene rings is 3. The molecule has 4 rings (SSSR count). The van der Waals surface area contributed by atoms with E-state index in [0.29, 0.717) is 5.56 Å². The first-order valence-corrected chi connectivity index (χ1v) is 8.76. The fourth-order valence-electron chi connectivity index (χ4n) is 3.53. The maximum Gasteiger partial charge on any atom is 0.254 e. The number of hydrogen-bond donors (Lipinski definition) is 0. The SMILES string of the molecule is Cc1ccc(C2(C#Cc3ccc(F)cc3)C(=O)N(C)c3ccccc32)cc1. The Morgan fingerprint density at radius 2 is 1.59 bits per heavy atom. The van der Waals surface area contributed by atoms with Crippen molar-refractivity contribution in [1.82, 2.24) is 0 Å². The quantitative estimate of drug-likeness (QED) is 0.591. The Balaban J connectivity index is 1.96.